The molecule has 0 unspecified atom stereocenters. The fraction of sp³-hybridized carbons (Fsp3) is 0.208. The van der Waals surface area contributed by atoms with E-state index in [4.69, 9.17) is 9.72 Å². The molecular formula is C24H21N3O2S. The van der Waals surface area contributed by atoms with Crippen LogP contribution in [0.25, 0.3) is 21.9 Å². The lowest BCUT2D eigenvalue weighted by atomic mass is 10.1. The molecule has 0 aliphatic carbocycles. The van der Waals surface area contributed by atoms with Crippen LogP contribution in [0.5, 0.6) is 5.75 Å². The number of hydrogen-bond donors (Lipinski definition) is 0. The van der Waals surface area contributed by atoms with E-state index in [0.29, 0.717) is 13.2 Å². The number of thiophene rings is 1. The molecule has 1 aromatic carbocycles. The highest BCUT2D eigenvalue weighted by Crippen LogP contribution is 2.32. The lowest BCUT2D eigenvalue weighted by Crippen LogP contribution is -2.20. The number of benzene rings is 1. The largest absolute Gasteiger partial charge is 0.489 e. The first-order valence-corrected chi connectivity index (χ1v) is 10.7. The van der Waals surface area contributed by atoms with Gasteiger partial charge in [0.1, 0.15) is 23.0 Å². The monoisotopic (exact) mass is 415 g/mol. The predicted molar refractivity (Wildman–Crippen MR) is 121 cm³/mol. The zero-order chi connectivity index (χ0) is 20.7. The maximum absolute atomic E-state index is 13.0. The molecule has 150 valence electrons. The fourth-order valence-electron chi connectivity index (χ4n) is 3.77. The molecule has 1 aliphatic heterocycles. The molecule has 4 heterocycles. The first-order chi connectivity index (χ1) is 14.6. The summed E-state index contributed by atoms with van der Waals surface area (Å²) in [7, 11) is 0. The molecule has 0 bridgehead atoms. The molecule has 0 N–H and O–H groups in total. The van der Waals surface area contributed by atoms with Crippen molar-refractivity contribution in [3.8, 4) is 5.75 Å². The van der Waals surface area contributed by atoms with E-state index in [9.17, 15) is 4.79 Å². The third-order valence-electron chi connectivity index (χ3n) is 5.56. The normalized spacial score (nSPS) is 14.4. The smallest absolute Gasteiger partial charge is 0.262 e. The Hall–Kier alpha value is -3.25. The molecule has 5 nitrogen and oxygen atoms in total. The molecule has 0 spiro atoms. The van der Waals surface area contributed by atoms with E-state index in [-0.39, 0.29) is 5.56 Å². The highest BCUT2D eigenvalue weighted by atomic mass is 32.1. The van der Waals surface area contributed by atoms with Gasteiger partial charge in [0, 0.05) is 23.8 Å². The topological polar surface area (TPSA) is 57.0 Å². The van der Waals surface area contributed by atoms with Gasteiger partial charge in [0.2, 0.25) is 0 Å². The van der Waals surface area contributed by atoms with Crippen LogP contribution in [0.3, 0.4) is 0 Å². The fourth-order valence-corrected chi connectivity index (χ4v) is 4.79. The van der Waals surface area contributed by atoms with Crippen molar-refractivity contribution in [3.63, 3.8) is 0 Å². The molecular weight excluding hydrogens is 394 g/mol. The van der Waals surface area contributed by atoms with Gasteiger partial charge >= 0.3 is 0 Å². The molecule has 0 atom stereocenters. The molecule has 6 heteroatoms. The predicted octanol–water partition coefficient (Wildman–Crippen LogP) is 4.99. The van der Waals surface area contributed by atoms with Crippen LogP contribution >= 0.6 is 11.3 Å². The molecule has 30 heavy (non-hydrogen) atoms. The highest BCUT2D eigenvalue weighted by Gasteiger charge is 2.23. The number of pyridine rings is 1. The molecule has 0 fully saturated rings. The Balaban J connectivity index is 1.40. The van der Waals surface area contributed by atoms with Crippen molar-refractivity contribution in [2.45, 2.75) is 33.4 Å². The van der Waals surface area contributed by atoms with Crippen LogP contribution in [0.2, 0.25) is 0 Å². The van der Waals surface area contributed by atoms with Gasteiger partial charge in [-0.1, -0.05) is 12.1 Å². The molecule has 0 amide bonds. The molecule has 0 radical (unpaired) electrons. The standard InChI is InChI=1S/C24H21N3O2S/c1-15-16(2)30-23-21(15)24(28)27-12-9-19(22(27)26-23)13-17-3-5-20(6-4-17)29-14-18-7-10-25-11-8-18/h3-8,10-11,13H,9,12,14H2,1-2H3/b19-13-. The number of allylic oxidation sites excluding steroid dienone is 1. The first kappa shape index (κ1) is 18.8. The van der Waals surface area contributed by atoms with Gasteiger partial charge in [-0.2, -0.15) is 0 Å². The minimum Gasteiger partial charge on any atom is -0.489 e. The Morgan fingerprint density at radius 1 is 1.13 bits per heavy atom. The van der Waals surface area contributed by atoms with Crippen molar-refractivity contribution >= 4 is 33.2 Å². The zero-order valence-electron chi connectivity index (χ0n) is 16.9. The lowest BCUT2D eigenvalue weighted by Gasteiger charge is -2.07. The van der Waals surface area contributed by atoms with Gasteiger partial charge in [-0.3, -0.25) is 14.3 Å². The van der Waals surface area contributed by atoms with Gasteiger partial charge in [-0.25, -0.2) is 4.98 Å². The second-order valence-electron chi connectivity index (χ2n) is 7.49. The summed E-state index contributed by atoms with van der Waals surface area (Å²) in [5.74, 6) is 1.62. The minimum atomic E-state index is 0.0834. The number of aryl methyl sites for hydroxylation is 2. The third-order valence-corrected chi connectivity index (χ3v) is 6.66. The molecule has 0 saturated carbocycles. The van der Waals surface area contributed by atoms with Crippen LogP contribution in [0.1, 0.15) is 33.8 Å². The van der Waals surface area contributed by atoms with E-state index in [1.807, 2.05) is 54.8 Å². The average molecular weight is 416 g/mol. The number of nitrogens with zero attached hydrogens (tertiary/aromatic N) is 3. The average Bonchev–Trinajstić information content (AvgIpc) is 3.29. The van der Waals surface area contributed by atoms with Crippen molar-refractivity contribution in [2.24, 2.45) is 0 Å². The molecule has 1 aliphatic rings. The van der Waals surface area contributed by atoms with Crippen LogP contribution < -0.4 is 10.3 Å². The van der Waals surface area contributed by atoms with Gasteiger partial charge in [-0.15, -0.1) is 11.3 Å². The SMILES string of the molecule is Cc1sc2nc3n(c(=O)c2c1C)CC/C3=C/c1ccc(OCc2ccncc2)cc1. The van der Waals surface area contributed by atoms with Crippen molar-refractivity contribution in [2.75, 3.05) is 0 Å². The van der Waals surface area contributed by atoms with Gasteiger partial charge < -0.3 is 4.74 Å². The van der Waals surface area contributed by atoms with Crippen LogP contribution in [0.4, 0.5) is 0 Å². The Bertz CT molecular complexity index is 1320. The Labute approximate surface area is 178 Å². The van der Waals surface area contributed by atoms with Crippen molar-refractivity contribution < 1.29 is 4.74 Å². The van der Waals surface area contributed by atoms with Crippen LogP contribution in [0.15, 0.2) is 53.6 Å². The summed E-state index contributed by atoms with van der Waals surface area (Å²) >= 11 is 1.60. The van der Waals surface area contributed by atoms with E-state index in [2.05, 4.69) is 11.1 Å². The van der Waals surface area contributed by atoms with Gasteiger partial charge in [0.25, 0.3) is 5.56 Å². The van der Waals surface area contributed by atoms with Crippen LogP contribution in [-0.2, 0) is 13.2 Å². The Kier molecular flexibility index (Phi) is 4.71. The highest BCUT2D eigenvalue weighted by molar-refractivity contribution is 7.18. The number of rotatable bonds is 4. The van der Waals surface area contributed by atoms with Crippen molar-refractivity contribution in [1.29, 1.82) is 0 Å². The van der Waals surface area contributed by atoms with Crippen molar-refractivity contribution in [3.05, 3.63) is 86.5 Å². The number of aromatic nitrogens is 3. The van der Waals surface area contributed by atoms with Crippen LogP contribution in [0, 0.1) is 13.8 Å². The van der Waals surface area contributed by atoms with E-state index < -0.39 is 0 Å². The molecule has 0 saturated heterocycles. The third kappa shape index (κ3) is 3.33. The van der Waals surface area contributed by atoms with Gasteiger partial charge in [0.05, 0.1) is 5.39 Å². The summed E-state index contributed by atoms with van der Waals surface area (Å²) in [6, 6.07) is 11.9. The second-order valence-corrected chi connectivity index (χ2v) is 8.69. The summed E-state index contributed by atoms with van der Waals surface area (Å²) in [5.41, 5.74) is 4.40. The molecule has 3 aromatic heterocycles. The van der Waals surface area contributed by atoms with Gasteiger partial charge in [0.15, 0.2) is 0 Å². The van der Waals surface area contributed by atoms with Gasteiger partial charge in [-0.05, 0) is 72.9 Å². The number of hydrogen-bond acceptors (Lipinski definition) is 5. The first-order valence-electron chi connectivity index (χ1n) is 9.93. The summed E-state index contributed by atoms with van der Waals surface area (Å²) in [6.07, 6.45) is 6.47. The summed E-state index contributed by atoms with van der Waals surface area (Å²) in [6.45, 7) is 5.25. The zero-order valence-corrected chi connectivity index (χ0v) is 17.7. The van der Waals surface area contributed by atoms with E-state index in [1.54, 1.807) is 23.7 Å². The quantitative estimate of drug-likeness (QED) is 0.471. The lowest BCUT2D eigenvalue weighted by molar-refractivity contribution is 0.306. The van der Waals surface area contributed by atoms with Crippen LogP contribution in [-0.4, -0.2) is 14.5 Å². The maximum atomic E-state index is 13.0. The minimum absolute atomic E-state index is 0.0834. The number of fused-ring (bicyclic) bond motifs is 2. The molecule has 5 rings (SSSR count). The second kappa shape index (κ2) is 7.54. The van der Waals surface area contributed by atoms with E-state index in [1.165, 1.54) is 0 Å². The summed E-state index contributed by atoms with van der Waals surface area (Å²) in [5, 5.41) is 0.776. The van der Waals surface area contributed by atoms with E-state index >= 15 is 0 Å². The summed E-state index contributed by atoms with van der Waals surface area (Å²) in [4.78, 5) is 23.8. The Morgan fingerprint density at radius 2 is 1.90 bits per heavy atom. The molecule has 4 aromatic rings. The van der Waals surface area contributed by atoms with E-state index in [0.717, 1.165) is 55.4 Å². The Morgan fingerprint density at radius 3 is 2.67 bits per heavy atom. The summed E-state index contributed by atoms with van der Waals surface area (Å²) < 4.78 is 7.66. The number of ether oxygens (including phenoxy) is 1. The maximum Gasteiger partial charge on any atom is 0.262 e. The van der Waals surface area contributed by atoms with Crippen molar-refractivity contribution in [1.82, 2.24) is 14.5 Å².